The summed E-state index contributed by atoms with van der Waals surface area (Å²) >= 11 is 6.10. The van der Waals surface area contributed by atoms with E-state index in [1.807, 2.05) is 12.1 Å². The Morgan fingerprint density at radius 2 is 2.29 bits per heavy atom. The number of nitrogens with one attached hydrogen (secondary N) is 1. The van der Waals surface area contributed by atoms with Crippen LogP contribution in [0, 0.1) is 0 Å². The fourth-order valence-corrected chi connectivity index (χ4v) is 2.07. The zero-order valence-electron chi connectivity index (χ0n) is 9.95. The highest BCUT2D eigenvalue weighted by molar-refractivity contribution is 6.31. The first-order valence-electron chi connectivity index (χ1n) is 5.95. The summed E-state index contributed by atoms with van der Waals surface area (Å²) in [6.07, 6.45) is 2.70. The van der Waals surface area contributed by atoms with Crippen molar-refractivity contribution in [3.63, 3.8) is 0 Å². The smallest absolute Gasteiger partial charge is 0.120 e. The average molecular weight is 256 g/mol. The zero-order valence-corrected chi connectivity index (χ0v) is 10.7. The highest BCUT2D eigenvalue weighted by Crippen LogP contribution is 2.29. The molecule has 0 saturated heterocycles. The summed E-state index contributed by atoms with van der Waals surface area (Å²) in [4.78, 5) is 0. The number of benzene rings is 1. The molecule has 1 aliphatic carbocycles. The first-order chi connectivity index (χ1) is 8.20. The number of methoxy groups -OCH3 is 1. The second kappa shape index (κ2) is 5.71. The van der Waals surface area contributed by atoms with Gasteiger partial charge in [-0.15, -0.1) is 0 Å². The van der Waals surface area contributed by atoms with E-state index in [0.29, 0.717) is 23.2 Å². The molecule has 4 heteroatoms. The number of ether oxygens (including phenoxy) is 1. The van der Waals surface area contributed by atoms with Crippen LogP contribution in [0.3, 0.4) is 0 Å². The first-order valence-corrected chi connectivity index (χ1v) is 6.33. The Balaban J connectivity index is 1.90. The predicted octanol–water partition coefficient (Wildman–Crippen LogP) is 2.52. The molecule has 2 N–H and O–H groups in total. The van der Waals surface area contributed by atoms with Crippen molar-refractivity contribution in [2.24, 2.45) is 0 Å². The number of halogens is 1. The molecule has 1 aliphatic rings. The topological polar surface area (TPSA) is 41.5 Å². The molecule has 0 amide bonds. The fourth-order valence-electron chi connectivity index (χ4n) is 1.77. The molecule has 1 saturated carbocycles. The Morgan fingerprint density at radius 1 is 1.53 bits per heavy atom. The maximum Gasteiger partial charge on any atom is 0.120 e. The van der Waals surface area contributed by atoms with Crippen molar-refractivity contribution in [1.82, 2.24) is 5.32 Å². The summed E-state index contributed by atoms with van der Waals surface area (Å²) < 4.78 is 5.07. The van der Waals surface area contributed by atoms with Gasteiger partial charge in [0, 0.05) is 6.04 Å². The van der Waals surface area contributed by atoms with E-state index in [-0.39, 0.29) is 0 Å². The zero-order chi connectivity index (χ0) is 12.3. The molecule has 1 aromatic carbocycles. The van der Waals surface area contributed by atoms with Gasteiger partial charge >= 0.3 is 0 Å². The molecule has 2 rings (SSSR count). The molecule has 1 aromatic rings. The lowest BCUT2D eigenvalue weighted by Gasteiger charge is -2.13. The SMILES string of the molecule is COc1ccc(C(O)CCNC2CC2)c(Cl)c1. The lowest BCUT2D eigenvalue weighted by Crippen LogP contribution is -2.19. The van der Waals surface area contributed by atoms with E-state index in [1.165, 1.54) is 12.8 Å². The lowest BCUT2D eigenvalue weighted by atomic mass is 10.1. The summed E-state index contributed by atoms with van der Waals surface area (Å²) in [6, 6.07) is 6.05. The third-order valence-electron chi connectivity index (χ3n) is 2.99. The summed E-state index contributed by atoms with van der Waals surface area (Å²) in [5.74, 6) is 0.710. The molecule has 0 heterocycles. The van der Waals surface area contributed by atoms with Crippen LogP contribution in [0.1, 0.15) is 30.9 Å². The van der Waals surface area contributed by atoms with Gasteiger partial charge in [-0.1, -0.05) is 17.7 Å². The minimum atomic E-state index is -0.514. The van der Waals surface area contributed by atoms with Gasteiger partial charge in [-0.25, -0.2) is 0 Å². The number of aliphatic hydroxyl groups is 1. The fraction of sp³-hybridized carbons (Fsp3) is 0.538. The van der Waals surface area contributed by atoms with E-state index < -0.39 is 6.10 Å². The van der Waals surface area contributed by atoms with Gasteiger partial charge in [-0.2, -0.15) is 0 Å². The average Bonchev–Trinajstić information content (AvgIpc) is 3.12. The highest BCUT2D eigenvalue weighted by Gasteiger charge is 2.20. The number of rotatable bonds is 6. The van der Waals surface area contributed by atoms with Crippen LogP contribution in [-0.4, -0.2) is 24.8 Å². The van der Waals surface area contributed by atoms with Crippen molar-refractivity contribution in [2.45, 2.75) is 31.4 Å². The normalized spacial score (nSPS) is 16.9. The van der Waals surface area contributed by atoms with Gasteiger partial charge < -0.3 is 15.2 Å². The Bertz CT molecular complexity index is 380. The number of hydrogen-bond donors (Lipinski definition) is 2. The molecule has 17 heavy (non-hydrogen) atoms. The monoisotopic (exact) mass is 255 g/mol. The van der Waals surface area contributed by atoms with E-state index in [2.05, 4.69) is 5.32 Å². The van der Waals surface area contributed by atoms with E-state index in [0.717, 1.165) is 12.1 Å². The van der Waals surface area contributed by atoms with E-state index in [9.17, 15) is 5.11 Å². The van der Waals surface area contributed by atoms with E-state index in [4.69, 9.17) is 16.3 Å². The number of hydrogen-bond acceptors (Lipinski definition) is 3. The van der Waals surface area contributed by atoms with Crippen LogP contribution in [0.2, 0.25) is 5.02 Å². The third-order valence-corrected chi connectivity index (χ3v) is 3.32. The maximum atomic E-state index is 10.0. The second-order valence-electron chi connectivity index (χ2n) is 4.42. The molecule has 1 atom stereocenters. The summed E-state index contributed by atoms with van der Waals surface area (Å²) in [5.41, 5.74) is 0.769. The van der Waals surface area contributed by atoms with Crippen LogP contribution in [0.5, 0.6) is 5.75 Å². The molecule has 0 bridgehead atoms. The van der Waals surface area contributed by atoms with Crippen LogP contribution < -0.4 is 10.1 Å². The molecule has 0 aromatic heterocycles. The molecule has 0 spiro atoms. The van der Waals surface area contributed by atoms with E-state index >= 15 is 0 Å². The van der Waals surface area contributed by atoms with Gasteiger partial charge in [-0.05, 0) is 43.5 Å². The molecule has 94 valence electrons. The van der Waals surface area contributed by atoms with Crippen molar-refractivity contribution in [3.8, 4) is 5.75 Å². The quantitative estimate of drug-likeness (QED) is 0.821. The predicted molar refractivity (Wildman–Crippen MR) is 68.6 cm³/mol. The van der Waals surface area contributed by atoms with Crippen molar-refractivity contribution in [2.75, 3.05) is 13.7 Å². The molecular weight excluding hydrogens is 238 g/mol. The third kappa shape index (κ3) is 3.60. The Morgan fingerprint density at radius 3 is 2.88 bits per heavy atom. The first kappa shape index (κ1) is 12.7. The van der Waals surface area contributed by atoms with Gasteiger partial charge in [0.2, 0.25) is 0 Å². The molecule has 1 fully saturated rings. The summed E-state index contributed by atoms with van der Waals surface area (Å²) in [5, 5.41) is 14.0. The Hall–Kier alpha value is -0.770. The summed E-state index contributed by atoms with van der Waals surface area (Å²) in [6.45, 7) is 0.828. The number of aliphatic hydroxyl groups excluding tert-OH is 1. The van der Waals surface area contributed by atoms with Crippen molar-refractivity contribution >= 4 is 11.6 Å². The minimum absolute atomic E-state index is 0.514. The molecule has 0 radical (unpaired) electrons. The summed E-state index contributed by atoms with van der Waals surface area (Å²) in [7, 11) is 1.60. The van der Waals surface area contributed by atoms with Gasteiger partial charge in [-0.3, -0.25) is 0 Å². The Kier molecular flexibility index (Phi) is 4.26. The van der Waals surface area contributed by atoms with Crippen LogP contribution in [0.15, 0.2) is 18.2 Å². The minimum Gasteiger partial charge on any atom is -0.497 e. The van der Waals surface area contributed by atoms with Gasteiger partial charge in [0.1, 0.15) is 5.75 Å². The van der Waals surface area contributed by atoms with Crippen molar-refractivity contribution in [1.29, 1.82) is 0 Å². The lowest BCUT2D eigenvalue weighted by molar-refractivity contribution is 0.167. The standard InChI is InChI=1S/C13H18ClNO2/c1-17-10-4-5-11(12(14)8-10)13(16)6-7-15-9-2-3-9/h4-5,8-9,13,15-16H,2-3,6-7H2,1H3. The Labute approximate surface area is 107 Å². The largest absolute Gasteiger partial charge is 0.497 e. The van der Waals surface area contributed by atoms with E-state index in [1.54, 1.807) is 13.2 Å². The highest BCUT2D eigenvalue weighted by atomic mass is 35.5. The van der Waals surface area contributed by atoms with Crippen molar-refractivity contribution < 1.29 is 9.84 Å². The maximum absolute atomic E-state index is 10.0. The molecule has 1 unspecified atom stereocenters. The van der Waals surface area contributed by atoms with Crippen LogP contribution in [0.25, 0.3) is 0 Å². The van der Waals surface area contributed by atoms with Gasteiger partial charge in [0.15, 0.2) is 0 Å². The molecular formula is C13H18ClNO2. The van der Waals surface area contributed by atoms with Crippen LogP contribution in [0.4, 0.5) is 0 Å². The van der Waals surface area contributed by atoms with Crippen molar-refractivity contribution in [3.05, 3.63) is 28.8 Å². The van der Waals surface area contributed by atoms with Crippen LogP contribution >= 0.6 is 11.6 Å². The molecule has 3 nitrogen and oxygen atoms in total. The second-order valence-corrected chi connectivity index (χ2v) is 4.83. The van der Waals surface area contributed by atoms with Gasteiger partial charge in [0.25, 0.3) is 0 Å². The molecule has 0 aliphatic heterocycles. The van der Waals surface area contributed by atoms with Gasteiger partial charge in [0.05, 0.1) is 18.2 Å². The van der Waals surface area contributed by atoms with Crippen LogP contribution in [-0.2, 0) is 0 Å².